The second-order valence-corrected chi connectivity index (χ2v) is 10.7. The molecule has 0 bridgehead atoms. The molecule has 2 atom stereocenters. The molecule has 180 valence electrons. The molecule has 6 heteroatoms. The summed E-state index contributed by atoms with van der Waals surface area (Å²) in [5, 5.41) is 3.25. The van der Waals surface area contributed by atoms with Crippen LogP contribution < -0.4 is 5.32 Å². The number of amides is 2. The first-order chi connectivity index (χ1) is 16.4. The zero-order valence-electron chi connectivity index (χ0n) is 19.9. The van der Waals surface area contributed by atoms with Crippen LogP contribution in [0.3, 0.4) is 0 Å². The lowest BCUT2D eigenvalue weighted by atomic mass is 9.76. The molecular weight excluding hydrogens is 429 g/mol. The largest absolute Gasteiger partial charge is 0.348 e. The molecule has 2 aromatic rings. The molecule has 5 nitrogen and oxygen atoms in total. The van der Waals surface area contributed by atoms with Crippen LogP contribution in [0.15, 0.2) is 54.6 Å². The molecule has 3 fully saturated rings. The number of hydrogen-bond acceptors (Lipinski definition) is 3. The van der Waals surface area contributed by atoms with Crippen molar-refractivity contribution in [3.8, 4) is 0 Å². The van der Waals surface area contributed by atoms with E-state index in [0.29, 0.717) is 19.5 Å². The zero-order chi connectivity index (χ0) is 23.8. The molecule has 2 aromatic carbocycles. The SMILES string of the molecule is CC1(C(=O)N2C[C@@H](c3ccc(F)cc3)[C@@]3(CCCC(=O)N3)C2)CCN(Cc2ccccc2)CC1. The van der Waals surface area contributed by atoms with Crippen molar-refractivity contribution in [1.29, 1.82) is 0 Å². The molecule has 5 rings (SSSR count). The van der Waals surface area contributed by atoms with Crippen molar-refractivity contribution in [3.63, 3.8) is 0 Å². The molecule has 0 aromatic heterocycles. The number of halogens is 1. The summed E-state index contributed by atoms with van der Waals surface area (Å²) in [6, 6.07) is 17.0. The summed E-state index contributed by atoms with van der Waals surface area (Å²) < 4.78 is 13.6. The monoisotopic (exact) mass is 463 g/mol. The third kappa shape index (κ3) is 4.48. The molecule has 3 aliphatic heterocycles. The van der Waals surface area contributed by atoms with Gasteiger partial charge in [0.1, 0.15) is 5.82 Å². The number of carbonyl (C=O) groups excluding carboxylic acids is 2. The Kier molecular flexibility index (Phi) is 6.19. The Morgan fingerprint density at radius 1 is 1.06 bits per heavy atom. The van der Waals surface area contributed by atoms with Crippen molar-refractivity contribution in [2.24, 2.45) is 5.41 Å². The molecule has 0 saturated carbocycles. The average Bonchev–Trinajstić information content (AvgIpc) is 3.19. The van der Waals surface area contributed by atoms with Crippen LogP contribution in [0.1, 0.15) is 56.1 Å². The molecule has 0 unspecified atom stereocenters. The summed E-state index contributed by atoms with van der Waals surface area (Å²) in [4.78, 5) is 30.7. The third-order valence-corrected chi connectivity index (χ3v) is 8.24. The highest BCUT2D eigenvalue weighted by Crippen LogP contribution is 2.44. The maximum Gasteiger partial charge on any atom is 0.228 e. The molecular formula is C28H34FN3O2. The highest BCUT2D eigenvalue weighted by molar-refractivity contribution is 5.84. The van der Waals surface area contributed by atoms with Crippen molar-refractivity contribution in [3.05, 3.63) is 71.5 Å². The second-order valence-electron chi connectivity index (χ2n) is 10.7. The summed E-state index contributed by atoms with van der Waals surface area (Å²) in [5.74, 6) is -0.0574. The van der Waals surface area contributed by atoms with Gasteiger partial charge >= 0.3 is 0 Å². The first kappa shape index (κ1) is 23.0. The van der Waals surface area contributed by atoms with E-state index >= 15 is 0 Å². The number of nitrogens with one attached hydrogen (secondary N) is 1. The van der Waals surface area contributed by atoms with Gasteiger partial charge in [0.2, 0.25) is 11.8 Å². The van der Waals surface area contributed by atoms with Gasteiger partial charge in [-0.2, -0.15) is 0 Å². The van der Waals surface area contributed by atoms with E-state index in [1.807, 2.05) is 11.0 Å². The van der Waals surface area contributed by atoms with Crippen molar-refractivity contribution in [1.82, 2.24) is 15.1 Å². The molecule has 34 heavy (non-hydrogen) atoms. The van der Waals surface area contributed by atoms with Crippen LogP contribution in [0.5, 0.6) is 0 Å². The van der Waals surface area contributed by atoms with Crippen molar-refractivity contribution in [2.45, 2.75) is 57.0 Å². The van der Waals surface area contributed by atoms with Gasteiger partial charge in [0.05, 0.1) is 5.54 Å². The Labute approximate surface area is 201 Å². The Bertz CT molecular complexity index is 1030. The first-order valence-electron chi connectivity index (χ1n) is 12.5. The Morgan fingerprint density at radius 2 is 1.76 bits per heavy atom. The summed E-state index contributed by atoms with van der Waals surface area (Å²) in [6.45, 7) is 5.91. The van der Waals surface area contributed by atoms with E-state index in [2.05, 4.69) is 41.4 Å². The number of benzene rings is 2. The molecule has 0 radical (unpaired) electrons. The summed E-state index contributed by atoms with van der Waals surface area (Å²) in [6.07, 6.45) is 3.84. The lowest BCUT2D eigenvalue weighted by Crippen LogP contribution is -2.57. The van der Waals surface area contributed by atoms with E-state index in [-0.39, 0.29) is 23.5 Å². The van der Waals surface area contributed by atoms with Gasteiger partial charge in [-0.1, -0.05) is 49.4 Å². The van der Waals surface area contributed by atoms with Gasteiger partial charge in [0.15, 0.2) is 0 Å². The first-order valence-corrected chi connectivity index (χ1v) is 12.5. The minimum Gasteiger partial charge on any atom is -0.348 e. The van der Waals surface area contributed by atoms with E-state index < -0.39 is 11.0 Å². The molecule has 3 aliphatic rings. The van der Waals surface area contributed by atoms with Gasteiger partial charge in [0.25, 0.3) is 0 Å². The second kappa shape index (κ2) is 9.14. The quantitative estimate of drug-likeness (QED) is 0.743. The molecule has 1 N–H and O–H groups in total. The van der Waals surface area contributed by atoms with Crippen molar-refractivity contribution in [2.75, 3.05) is 26.2 Å². The Balaban J connectivity index is 1.30. The average molecular weight is 464 g/mol. The van der Waals surface area contributed by atoms with E-state index in [4.69, 9.17) is 0 Å². The fourth-order valence-corrected chi connectivity index (χ4v) is 6.17. The van der Waals surface area contributed by atoms with Crippen LogP contribution in [-0.2, 0) is 16.1 Å². The minimum absolute atomic E-state index is 0.0249. The molecule has 3 saturated heterocycles. The summed E-state index contributed by atoms with van der Waals surface area (Å²) in [5.41, 5.74) is 1.42. The topological polar surface area (TPSA) is 52.7 Å². The van der Waals surface area contributed by atoms with Gasteiger partial charge in [-0.3, -0.25) is 14.5 Å². The van der Waals surface area contributed by atoms with Crippen LogP contribution in [0.25, 0.3) is 0 Å². The fraction of sp³-hybridized carbons (Fsp3) is 0.500. The molecule has 0 aliphatic carbocycles. The van der Waals surface area contributed by atoms with Crippen molar-refractivity contribution >= 4 is 11.8 Å². The number of carbonyl (C=O) groups is 2. The smallest absolute Gasteiger partial charge is 0.228 e. The fourth-order valence-electron chi connectivity index (χ4n) is 6.17. The maximum absolute atomic E-state index is 13.9. The highest BCUT2D eigenvalue weighted by Gasteiger charge is 2.53. The standard InChI is InChI=1S/C28H34FN3O2/c1-27(14-16-31(17-15-27)18-21-6-3-2-4-7-21)26(34)32-19-24(22-9-11-23(29)12-10-22)28(20-32)13-5-8-25(33)30-28/h2-4,6-7,9-12,24H,5,8,13-20H2,1H3,(H,30,33)/t24-,28+/m0/s1. The summed E-state index contributed by atoms with van der Waals surface area (Å²) >= 11 is 0. The zero-order valence-corrected chi connectivity index (χ0v) is 19.9. The lowest BCUT2D eigenvalue weighted by Gasteiger charge is -2.41. The number of nitrogens with zero attached hydrogens (tertiary/aromatic N) is 2. The van der Waals surface area contributed by atoms with E-state index in [1.165, 1.54) is 17.7 Å². The van der Waals surface area contributed by atoms with Crippen molar-refractivity contribution < 1.29 is 14.0 Å². The normalized spacial score (nSPS) is 27.1. The van der Waals surface area contributed by atoms with Crippen LogP contribution in [0, 0.1) is 11.2 Å². The van der Waals surface area contributed by atoms with Gasteiger partial charge in [-0.05, 0) is 62.0 Å². The van der Waals surface area contributed by atoms with E-state index in [9.17, 15) is 14.0 Å². The van der Waals surface area contributed by atoms with Gasteiger partial charge in [-0.25, -0.2) is 4.39 Å². The third-order valence-electron chi connectivity index (χ3n) is 8.24. The van der Waals surface area contributed by atoms with Crippen LogP contribution in [0.4, 0.5) is 4.39 Å². The van der Waals surface area contributed by atoms with Crippen LogP contribution in [0.2, 0.25) is 0 Å². The Morgan fingerprint density at radius 3 is 2.44 bits per heavy atom. The molecule has 3 heterocycles. The maximum atomic E-state index is 13.9. The molecule has 1 spiro atoms. The number of piperidine rings is 2. The van der Waals surface area contributed by atoms with Gasteiger partial charge < -0.3 is 10.2 Å². The lowest BCUT2D eigenvalue weighted by molar-refractivity contribution is -0.143. The molecule has 2 amide bonds. The number of hydrogen-bond donors (Lipinski definition) is 1. The predicted octanol–water partition coefficient (Wildman–Crippen LogP) is 4.09. The summed E-state index contributed by atoms with van der Waals surface area (Å²) in [7, 11) is 0. The van der Waals surface area contributed by atoms with Gasteiger partial charge in [0, 0.05) is 37.4 Å². The van der Waals surface area contributed by atoms with Crippen LogP contribution >= 0.6 is 0 Å². The Hall–Kier alpha value is -2.73. The highest BCUT2D eigenvalue weighted by atomic mass is 19.1. The number of rotatable bonds is 4. The van der Waals surface area contributed by atoms with E-state index in [1.54, 1.807) is 12.1 Å². The van der Waals surface area contributed by atoms with Crippen LogP contribution in [-0.4, -0.2) is 53.3 Å². The minimum atomic E-state index is -0.465. The number of likely N-dealkylation sites (tertiary alicyclic amines) is 2. The predicted molar refractivity (Wildman–Crippen MR) is 130 cm³/mol. The van der Waals surface area contributed by atoms with Gasteiger partial charge in [-0.15, -0.1) is 0 Å². The van der Waals surface area contributed by atoms with E-state index in [0.717, 1.165) is 50.9 Å².